The molecular weight excluding hydrogens is 326 g/mol. The van der Waals surface area contributed by atoms with E-state index in [1.54, 1.807) is 19.3 Å². The Hall–Kier alpha value is -2.21. The van der Waals surface area contributed by atoms with Crippen LogP contribution in [0.15, 0.2) is 24.5 Å². The van der Waals surface area contributed by atoms with Crippen molar-refractivity contribution < 1.29 is 4.79 Å². The number of piperidine rings is 1. The van der Waals surface area contributed by atoms with Crippen molar-refractivity contribution in [2.75, 3.05) is 18.4 Å². The molecule has 7 heteroatoms. The summed E-state index contributed by atoms with van der Waals surface area (Å²) < 4.78 is 0. The van der Waals surface area contributed by atoms with Crippen LogP contribution in [-0.2, 0) is 4.79 Å². The molecular formula is C17H20ClN5O. The predicted octanol–water partition coefficient (Wildman–Crippen LogP) is 3.30. The van der Waals surface area contributed by atoms with Crippen molar-refractivity contribution in [2.24, 2.45) is 0 Å². The van der Waals surface area contributed by atoms with Gasteiger partial charge in [0.25, 0.3) is 0 Å². The average molecular weight is 346 g/mol. The molecule has 0 atom stereocenters. The highest BCUT2D eigenvalue weighted by atomic mass is 35.5. The summed E-state index contributed by atoms with van der Waals surface area (Å²) in [5.41, 5.74) is 2.00. The third-order valence-corrected chi connectivity index (χ3v) is 4.46. The summed E-state index contributed by atoms with van der Waals surface area (Å²) in [7, 11) is 0. The monoisotopic (exact) mass is 345 g/mol. The lowest BCUT2D eigenvalue weighted by molar-refractivity contribution is -0.129. The first-order chi connectivity index (χ1) is 11.5. The van der Waals surface area contributed by atoms with E-state index in [1.165, 1.54) is 0 Å². The number of anilines is 2. The molecule has 126 valence electrons. The average Bonchev–Trinajstić information content (AvgIpc) is 2.56. The number of halogens is 1. The van der Waals surface area contributed by atoms with Crippen LogP contribution in [0.25, 0.3) is 0 Å². The maximum Gasteiger partial charge on any atom is 0.219 e. The van der Waals surface area contributed by atoms with E-state index in [1.807, 2.05) is 24.0 Å². The molecule has 0 aliphatic carbocycles. The number of hydrogen-bond donors (Lipinski definition) is 1. The molecule has 2 aromatic rings. The molecule has 1 saturated heterocycles. The molecule has 0 bridgehead atoms. The Morgan fingerprint density at radius 2 is 1.96 bits per heavy atom. The van der Waals surface area contributed by atoms with Gasteiger partial charge in [-0.2, -0.15) is 0 Å². The highest BCUT2D eigenvalue weighted by Gasteiger charge is 2.22. The van der Waals surface area contributed by atoms with Gasteiger partial charge in [-0.15, -0.1) is 0 Å². The molecule has 0 radical (unpaired) electrons. The third kappa shape index (κ3) is 4.00. The number of nitrogens with zero attached hydrogens (tertiary/aromatic N) is 4. The van der Waals surface area contributed by atoms with Crippen molar-refractivity contribution >= 4 is 29.1 Å². The van der Waals surface area contributed by atoms with E-state index in [0.717, 1.165) is 37.2 Å². The summed E-state index contributed by atoms with van der Waals surface area (Å²) in [6, 6.07) is 3.91. The lowest BCUT2D eigenvalue weighted by Gasteiger charge is -2.31. The van der Waals surface area contributed by atoms with Gasteiger partial charge in [0.2, 0.25) is 5.91 Å². The Labute approximate surface area is 146 Å². The van der Waals surface area contributed by atoms with Gasteiger partial charge in [0.1, 0.15) is 16.8 Å². The Morgan fingerprint density at radius 1 is 1.21 bits per heavy atom. The molecule has 1 aliphatic rings. The molecule has 0 aromatic carbocycles. The molecule has 24 heavy (non-hydrogen) atoms. The number of aryl methyl sites for hydroxylation is 1. The van der Waals surface area contributed by atoms with Crippen molar-refractivity contribution in [3.8, 4) is 0 Å². The smallest absolute Gasteiger partial charge is 0.219 e. The zero-order chi connectivity index (χ0) is 17.1. The predicted molar refractivity (Wildman–Crippen MR) is 93.5 cm³/mol. The van der Waals surface area contributed by atoms with E-state index in [2.05, 4.69) is 20.3 Å². The quantitative estimate of drug-likeness (QED) is 0.864. The lowest BCUT2D eigenvalue weighted by atomic mass is 9.90. The van der Waals surface area contributed by atoms with E-state index in [-0.39, 0.29) is 5.91 Å². The summed E-state index contributed by atoms with van der Waals surface area (Å²) in [4.78, 5) is 26.1. The van der Waals surface area contributed by atoms with Crippen LogP contribution in [0.2, 0.25) is 5.15 Å². The molecule has 1 aliphatic heterocycles. The SMILES string of the molecule is CC(=O)N1CCC(c2cc(Cl)nc(Nc3cnc(C)cn3)c2)CC1. The molecule has 0 spiro atoms. The molecule has 3 heterocycles. The van der Waals surface area contributed by atoms with Crippen LogP contribution in [-0.4, -0.2) is 38.8 Å². The van der Waals surface area contributed by atoms with Crippen LogP contribution in [0, 0.1) is 6.92 Å². The highest BCUT2D eigenvalue weighted by molar-refractivity contribution is 6.29. The first kappa shape index (κ1) is 16.6. The third-order valence-electron chi connectivity index (χ3n) is 4.27. The van der Waals surface area contributed by atoms with E-state index in [0.29, 0.717) is 22.7 Å². The fraction of sp³-hybridized carbons (Fsp3) is 0.412. The van der Waals surface area contributed by atoms with E-state index >= 15 is 0 Å². The highest BCUT2D eigenvalue weighted by Crippen LogP contribution is 2.31. The summed E-state index contributed by atoms with van der Waals surface area (Å²) >= 11 is 6.19. The van der Waals surface area contributed by atoms with Crippen LogP contribution in [0.5, 0.6) is 0 Å². The van der Waals surface area contributed by atoms with E-state index in [9.17, 15) is 4.79 Å². The van der Waals surface area contributed by atoms with Gasteiger partial charge in [0.15, 0.2) is 0 Å². The van der Waals surface area contributed by atoms with Crippen molar-refractivity contribution in [1.82, 2.24) is 19.9 Å². The van der Waals surface area contributed by atoms with Gasteiger partial charge in [-0.1, -0.05) is 11.6 Å². The maximum absolute atomic E-state index is 11.4. The molecule has 6 nitrogen and oxygen atoms in total. The zero-order valence-corrected chi connectivity index (χ0v) is 14.5. The van der Waals surface area contributed by atoms with Gasteiger partial charge < -0.3 is 10.2 Å². The van der Waals surface area contributed by atoms with Gasteiger partial charge in [0, 0.05) is 20.0 Å². The fourth-order valence-corrected chi connectivity index (χ4v) is 3.15. The van der Waals surface area contributed by atoms with Crippen LogP contribution >= 0.6 is 11.6 Å². The molecule has 3 rings (SSSR count). The van der Waals surface area contributed by atoms with Crippen LogP contribution in [0.1, 0.15) is 36.9 Å². The minimum absolute atomic E-state index is 0.140. The maximum atomic E-state index is 11.4. The number of nitrogens with one attached hydrogen (secondary N) is 1. The minimum atomic E-state index is 0.140. The van der Waals surface area contributed by atoms with Gasteiger partial charge in [-0.05, 0) is 43.4 Å². The van der Waals surface area contributed by atoms with Crippen molar-refractivity contribution in [2.45, 2.75) is 32.6 Å². The first-order valence-corrected chi connectivity index (χ1v) is 8.38. The summed E-state index contributed by atoms with van der Waals surface area (Å²) in [5.74, 6) is 1.81. The summed E-state index contributed by atoms with van der Waals surface area (Å²) in [6.45, 7) is 5.08. The van der Waals surface area contributed by atoms with E-state index < -0.39 is 0 Å². The Balaban J connectivity index is 1.74. The Kier molecular flexibility index (Phi) is 4.94. The number of likely N-dealkylation sites (tertiary alicyclic amines) is 1. The molecule has 1 N–H and O–H groups in total. The largest absolute Gasteiger partial charge is 0.343 e. The number of carbonyl (C=O) groups excluding carboxylic acids is 1. The topological polar surface area (TPSA) is 71.0 Å². The first-order valence-electron chi connectivity index (χ1n) is 8.00. The Morgan fingerprint density at radius 3 is 2.58 bits per heavy atom. The van der Waals surface area contributed by atoms with Gasteiger partial charge in [0.05, 0.1) is 18.1 Å². The number of rotatable bonds is 3. The summed E-state index contributed by atoms with van der Waals surface area (Å²) in [5, 5.41) is 3.59. The van der Waals surface area contributed by atoms with Gasteiger partial charge in [-0.3, -0.25) is 9.78 Å². The number of amides is 1. The number of carbonyl (C=O) groups is 1. The fourth-order valence-electron chi connectivity index (χ4n) is 2.93. The minimum Gasteiger partial charge on any atom is -0.343 e. The number of hydrogen-bond acceptors (Lipinski definition) is 5. The van der Waals surface area contributed by atoms with Crippen molar-refractivity contribution in [3.05, 3.63) is 40.9 Å². The van der Waals surface area contributed by atoms with Crippen LogP contribution < -0.4 is 5.32 Å². The molecule has 0 saturated carbocycles. The standard InChI is InChI=1S/C17H20ClN5O/c1-11-9-20-17(10-19-11)22-16-8-14(7-15(18)21-16)13-3-5-23(6-4-13)12(2)24/h7-10,13H,3-6H2,1-2H3,(H,20,21,22). The second-order valence-electron chi connectivity index (χ2n) is 6.06. The van der Waals surface area contributed by atoms with E-state index in [4.69, 9.17) is 11.6 Å². The molecule has 1 amide bonds. The normalized spacial score (nSPS) is 15.4. The second-order valence-corrected chi connectivity index (χ2v) is 6.44. The molecule has 0 unspecified atom stereocenters. The molecule has 2 aromatic heterocycles. The van der Waals surface area contributed by atoms with Crippen molar-refractivity contribution in [3.63, 3.8) is 0 Å². The van der Waals surface area contributed by atoms with Gasteiger partial charge >= 0.3 is 0 Å². The Bertz CT molecular complexity index is 726. The zero-order valence-electron chi connectivity index (χ0n) is 13.8. The van der Waals surface area contributed by atoms with Crippen molar-refractivity contribution in [1.29, 1.82) is 0 Å². The molecule has 1 fully saturated rings. The van der Waals surface area contributed by atoms with Gasteiger partial charge in [-0.25, -0.2) is 9.97 Å². The van der Waals surface area contributed by atoms with Crippen LogP contribution in [0.3, 0.4) is 0 Å². The number of pyridine rings is 1. The lowest BCUT2D eigenvalue weighted by Crippen LogP contribution is -2.36. The number of aromatic nitrogens is 3. The van der Waals surface area contributed by atoms with Crippen LogP contribution in [0.4, 0.5) is 11.6 Å². The second kappa shape index (κ2) is 7.13. The summed E-state index contributed by atoms with van der Waals surface area (Å²) in [6.07, 6.45) is 5.24.